The normalized spacial score (nSPS) is 20.5. The zero-order valence-corrected chi connectivity index (χ0v) is 15.2. The molecule has 2 aromatic rings. The van der Waals surface area contributed by atoms with Gasteiger partial charge in [0.05, 0.1) is 17.9 Å². The van der Waals surface area contributed by atoms with Crippen molar-refractivity contribution in [3.8, 4) is 0 Å². The predicted octanol–water partition coefficient (Wildman–Crippen LogP) is 3.42. The Labute approximate surface area is 148 Å². The number of ether oxygens (including phenoxy) is 1. The van der Waals surface area contributed by atoms with E-state index in [1.54, 1.807) is 35.6 Å². The summed E-state index contributed by atoms with van der Waals surface area (Å²) in [6.45, 7) is 7.85. The number of fused-ring (bicyclic) bond motifs is 1. The lowest BCUT2D eigenvalue weighted by Gasteiger charge is -2.24. The largest absolute Gasteiger partial charge is 0.445 e. The molecule has 0 aromatic carbocycles. The first-order chi connectivity index (χ1) is 11.5. The molecule has 24 heavy (non-hydrogen) atoms. The van der Waals surface area contributed by atoms with E-state index in [4.69, 9.17) is 4.74 Å². The number of amides is 1. The highest BCUT2D eigenvalue weighted by Crippen LogP contribution is 2.41. The lowest BCUT2D eigenvalue weighted by Crippen LogP contribution is -2.32. The van der Waals surface area contributed by atoms with Gasteiger partial charge in [-0.2, -0.15) is 0 Å². The molecule has 6 nitrogen and oxygen atoms in total. The SMILES string of the molecule is C=CCOC(=O)N1C[C@@H](SC(C)=O)C[C@H]1c1c(C)sc2cncn12. The molecule has 1 saturated heterocycles. The summed E-state index contributed by atoms with van der Waals surface area (Å²) < 4.78 is 7.27. The van der Waals surface area contributed by atoms with Crippen LogP contribution in [0.2, 0.25) is 0 Å². The van der Waals surface area contributed by atoms with Crippen LogP contribution >= 0.6 is 23.1 Å². The molecule has 1 amide bonds. The molecule has 128 valence electrons. The van der Waals surface area contributed by atoms with E-state index in [0.29, 0.717) is 6.54 Å². The highest BCUT2D eigenvalue weighted by Gasteiger charge is 2.40. The third-order valence-corrected chi connectivity index (χ3v) is 5.99. The Hall–Kier alpha value is -1.80. The number of aromatic nitrogens is 2. The van der Waals surface area contributed by atoms with Gasteiger partial charge in [-0.05, 0) is 13.3 Å². The summed E-state index contributed by atoms with van der Waals surface area (Å²) in [4.78, 5) is 32.0. The monoisotopic (exact) mass is 365 g/mol. The van der Waals surface area contributed by atoms with Gasteiger partial charge in [0.25, 0.3) is 0 Å². The minimum atomic E-state index is -0.370. The Morgan fingerprint density at radius 1 is 1.58 bits per heavy atom. The van der Waals surface area contributed by atoms with Crippen molar-refractivity contribution in [3.63, 3.8) is 0 Å². The molecule has 1 fully saturated rings. The molecule has 0 aliphatic carbocycles. The van der Waals surface area contributed by atoms with Crippen molar-refractivity contribution in [2.24, 2.45) is 0 Å². The third-order valence-electron chi connectivity index (χ3n) is 3.95. The number of hydrogen-bond donors (Lipinski definition) is 0. The number of rotatable bonds is 4. The van der Waals surface area contributed by atoms with E-state index in [2.05, 4.69) is 11.6 Å². The van der Waals surface area contributed by atoms with Crippen molar-refractivity contribution in [1.82, 2.24) is 14.3 Å². The number of likely N-dealkylation sites (tertiary alicyclic amines) is 1. The molecule has 1 aliphatic heterocycles. The molecule has 0 N–H and O–H groups in total. The van der Waals surface area contributed by atoms with Crippen LogP contribution < -0.4 is 0 Å². The van der Waals surface area contributed by atoms with Crippen molar-refractivity contribution in [2.45, 2.75) is 31.6 Å². The maximum absolute atomic E-state index is 12.5. The summed E-state index contributed by atoms with van der Waals surface area (Å²) in [7, 11) is 0. The topological polar surface area (TPSA) is 63.9 Å². The fraction of sp³-hybridized carbons (Fsp3) is 0.438. The molecular formula is C16H19N3O3S2. The van der Waals surface area contributed by atoms with Gasteiger partial charge < -0.3 is 4.74 Å². The van der Waals surface area contributed by atoms with Crippen molar-refractivity contribution < 1.29 is 14.3 Å². The predicted molar refractivity (Wildman–Crippen MR) is 95.5 cm³/mol. The summed E-state index contributed by atoms with van der Waals surface area (Å²) in [6, 6.07) is -0.123. The highest BCUT2D eigenvalue weighted by molar-refractivity contribution is 8.14. The van der Waals surface area contributed by atoms with Gasteiger partial charge in [0.2, 0.25) is 0 Å². The van der Waals surface area contributed by atoms with Crippen LogP contribution in [0.3, 0.4) is 0 Å². The Balaban J connectivity index is 1.93. The average molecular weight is 365 g/mol. The zero-order valence-electron chi connectivity index (χ0n) is 13.6. The second kappa shape index (κ2) is 6.98. The van der Waals surface area contributed by atoms with Gasteiger partial charge in [-0.15, -0.1) is 11.3 Å². The molecule has 1 aliphatic rings. The van der Waals surface area contributed by atoms with Crippen LogP contribution in [-0.4, -0.2) is 43.9 Å². The molecule has 0 unspecified atom stereocenters. The van der Waals surface area contributed by atoms with Crippen molar-refractivity contribution in [1.29, 1.82) is 0 Å². The van der Waals surface area contributed by atoms with Gasteiger partial charge in [-0.1, -0.05) is 24.4 Å². The van der Waals surface area contributed by atoms with Gasteiger partial charge >= 0.3 is 6.09 Å². The van der Waals surface area contributed by atoms with E-state index >= 15 is 0 Å². The van der Waals surface area contributed by atoms with Crippen LogP contribution in [0.15, 0.2) is 25.2 Å². The van der Waals surface area contributed by atoms with Crippen LogP contribution in [0.1, 0.15) is 30.0 Å². The quantitative estimate of drug-likeness (QED) is 0.777. The number of nitrogens with zero attached hydrogens (tertiary/aromatic N) is 3. The number of hydrogen-bond acceptors (Lipinski definition) is 6. The Morgan fingerprint density at radius 2 is 2.38 bits per heavy atom. The summed E-state index contributed by atoms with van der Waals surface area (Å²) in [6.07, 6.45) is 5.49. The molecule has 3 heterocycles. The fourth-order valence-electron chi connectivity index (χ4n) is 3.10. The third kappa shape index (κ3) is 3.21. The molecule has 0 radical (unpaired) electrons. The molecule has 2 atom stereocenters. The van der Waals surface area contributed by atoms with Gasteiger partial charge in [-0.3, -0.25) is 14.1 Å². The Bertz CT molecular complexity index is 783. The van der Waals surface area contributed by atoms with Gasteiger partial charge in [0.1, 0.15) is 17.8 Å². The smallest absolute Gasteiger partial charge is 0.410 e. The van der Waals surface area contributed by atoms with E-state index in [9.17, 15) is 9.59 Å². The minimum Gasteiger partial charge on any atom is -0.445 e. The lowest BCUT2D eigenvalue weighted by molar-refractivity contribution is -0.109. The van der Waals surface area contributed by atoms with Crippen LogP contribution in [0, 0.1) is 6.92 Å². The minimum absolute atomic E-state index is 0.0647. The van der Waals surface area contributed by atoms with Gasteiger partial charge in [-0.25, -0.2) is 9.78 Å². The second-order valence-electron chi connectivity index (χ2n) is 5.65. The summed E-state index contributed by atoms with van der Waals surface area (Å²) in [5.74, 6) is 0. The van der Waals surface area contributed by atoms with Crippen LogP contribution in [-0.2, 0) is 9.53 Å². The van der Waals surface area contributed by atoms with E-state index in [0.717, 1.165) is 21.8 Å². The summed E-state index contributed by atoms with van der Waals surface area (Å²) >= 11 is 2.94. The molecule has 3 rings (SSSR count). The van der Waals surface area contributed by atoms with Crippen LogP contribution in [0.5, 0.6) is 0 Å². The molecule has 0 saturated carbocycles. The van der Waals surface area contributed by atoms with Crippen molar-refractivity contribution >= 4 is 39.1 Å². The molecule has 0 spiro atoms. The van der Waals surface area contributed by atoms with E-state index < -0.39 is 0 Å². The van der Waals surface area contributed by atoms with E-state index in [1.165, 1.54) is 11.8 Å². The Kier molecular flexibility index (Phi) is 4.96. The van der Waals surface area contributed by atoms with E-state index in [-0.39, 0.29) is 29.1 Å². The van der Waals surface area contributed by atoms with E-state index in [1.807, 2.05) is 17.5 Å². The standard InChI is InChI=1S/C16H19N3O3S2/c1-4-5-22-16(21)18-8-12(24-11(3)20)6-13(18)15-10(2)23-14-7-17-9-19(14)15/h4,7,9,12-13H,1,5-6,8H2,2-3H3/t12-,13-/m0/s1. The van der Waals surface area contributed by atoms with Crippen LogP contribution in [0.4, 0.5) is 4.79 Å². The maximum Gasteiger partial charge on any atom is 0.410 e. The van der Waals surface area contributed by atoms with Gasteiger partial charge in [0.15, 0.2) is 5.12 Å². The second-order valence-corrected chi connectivity index (χ2v) is 8.36. The molecular weight excluding hydrogens is 346 g/mol. The molecule has 2 aromatic heterocycles. The van der Waals surface area contributed by atoms with Gasteiger partial charge in [0, 0.05) is 23.6 Å². The molecule has 8 heteroatoms. The number of aryl methyl sites for hydroxylation is 1. The fourth-order valence-corrected chi connectivity index (χ4v) is 5.10. The number of thiazole rings is 1. The highest BCUT2D eigenvalue weighted by atomic mass is 32.2. The summed E-state index contributed by atoms with van der Waals surface area (Å²) in [5.41, 5.74) is 1.05. The maximum atomic E-state index is 12.5. The number of carbonyl (C=O) groups excluding carboxylic acids is 2. The number of thioether (sulfide) groups is 1. The lowest BCUT2D eigenvalue weighted by atomic mass is 10.1. The zero-order chi connectivity index (χ0) is 17.3. The first-order valence-electron chi connectivity index (χ1n) is 7.64. The first-order valence-corrected chi connectivity index (χ1v) is 9.33. The Morgan fingerprint density at radius 3 is 3.08 bits per heavy atom. The van der Waals surface area contributed by atoms with Crippen molar-refractivity contribution in [2.75, 3.05) is 13.2 Å². The van der Waals surface area contributed by atoms with Crippen LogP contribution in [0.25, 0.3) is 4.83 Å². The number of carbonyl (C=O) groups is 2. The number of imidazole rings is 1. The summed E-state index contributed by atoms with van der Waals surface area (Å²) in [5, 5.41) is 0.136. The first kappa shape index (κ1) is 17.0. The molecule has 0 bridgehead atoms. The van der Waals surface area contributed by atoms with Crippen molar-refractivity contribution in [3.05, 3.63) is 35.8 Å². The average Bonchev–Trinajstić information content (AvgIpc) is 3.18.